The van der Waals surface area contributed by atoms with Gasteiger partial charge in [-0.1, -0.05) is 127 Å². The summed E-state index contributed by atoms with van der Waals surface area (Å²) in [5.74, 6) is 0. The zero-order chi connectivity index (χ0) is 32.7. The molecule has 39 heavy (non-hydrogen) atoms. The van der Waals surface area contributed by atoms with Crippen LogP contribution in [0.15, 0.2) is 150 Å². The Kier molecular flexibility index (Phi) is 3.42. The molecule has 0 bridgehead atoms. The SMILES string of the molecule is [2H]c1c([2H])c([2H])c2c(-c3ccc4c(c3)oc3ccccc34)c3c([2H])c([2H])c([2H])c([2H])c3c(-c3ccc(-c4ccccc4)cc3)c2c1[2H]. The number of para-hydroxylation sites is 1. The van der Waals surface area contributed by atoms with Crippen molar-refractivity contribution in [3.63, 3.8) is 0 Å². The summed E-state index contributed by atoms with van der Waals surface area (Å²) >= 11 is 0. The highest BCUT2D eigenvalue weighted by Crippen LogP contribution is 2.44. The standard InChI is InChI=1S/C38H24O/c1-2-10-25(11-3-1)26-18-20-27(21-19-26)37-31-13-4-6-15-33(31)38(34-16-7-5-14-32(34)37)28-22-23-30-29-12-8-9-17-35(29)39-36(30)24-28/h1-24H/i4D,5D,6D,7D,13D,14D,15D,16D. The average molecular weight is 505 g/mol. The topological polar surface area (TPSA) is 13.1 Å². The Hall–Kier alpha value is -5.14. The first-order chi connectivity index (χ1) is 22.7. The lowest BCUT2D eigenvalue weighted by Gasteiger charge is -2.18. The lowest BCUT2D eigenvalue weighted by atomic mass is 9.85. The van der Waals surface area contributed by atoms with Crippen molar-refractivity contribution in [2.24, 2.45) is 0 Å². The molecule has 0 unspecified atom stereocenters. The molecule has 0 atom stereocenters. The Labute approximate surface area is 237 Å². The largest absolute Gasteiger partial charge is 0.456 e. The Balaban J connectivity index is 1.57. The minimum absolute atomic E-state index is 0.172. The van der Waals surface area contributed by atoms with Crippen molar-refractivity contribution < 1.29 is 15.4 Å². The zero-order valence-electron chi connectivity index (χ0n) is 28.6. The summed E-state index contributed by atoms with van der Waals surface area (Å²) < 4.78 is 77.4. The monoisotopic (exact) mass is 504 g/mol. The zero-order valence-corrected chi connectivity index (χ0v) is 20.6. The third-order valence-corrected chi connectivity index (χ3v) is 7.32. The fourth-order valence-electron chi connectivity index (χ4n) is 5.54. The van der Waals surface area contributed by atoms with Crippen molar-refractivity contribution in [2.45, 2.75) is 0 Å². The van der Waals surface area contributed by atoms with Crippen molar-refractivity contribution in [1.82, 2.24) is 0 Å². The van der Waals surface area contributed by atoms with Gasteiger partial charge in [0.15, 0.2) is 0 Å². The molecule has 1 heteroatoms. The van der Waals surface area contributed by atoms with E-state index in [9.17, 15) is 0 Å². The van der Waals surface area contributed by atoms with E-state index in [2.05, 4.69) is 0 Å². The number of rotatable bonds is 3. The van der Waals surface area contributed by atoms with Crippen molar-refractivity contribution in [3.05, 3.63) is 145 Å². The summed E-state index contributed by atoms with van der Waals surface area (Å²) in [4.78, 5) is 0. The summed E-state index contributed by atoms with van der Waals surface area (Å²) in [6, 6.07) is 27.5. The maximum atomic E-state index is 9.16. The van der Waals surface area contributed by atoms with E-state index in [4.69, 9.17) is 15.4 Å². The molecule has 0 radical (unpaired) electrons. The predicted octanol–water partition coefficient (Wildman–Crippen LogP) is 10.9. The van der Waals surface area contributed by atoms with Gasteiger partial charge in [-0.2, -0.15) is 0 Å². The number of hydrogen-bond donors (Lipinski definition) is 0. The van der Waals surface area contributed by atoms with Crippen molar-refractivity contribution in [3.8, 4) is 33.4 Å². The molecule has 0 fully saturated rings. The molecule has 182 valence electrons. The summed E-state index contributed by atoms with van der Waals surface area (Å²) in [6.07, 6.45) is 0. The molecule has 0 saturated carbocycles. The Morgan fingerprint density at radius 1 is 0.385 bits per heavy atom. The van der Waals surface area contributed by atoms with Gasteiger partial charge in [0.25, 0.3) is 0 Å². The van der Waals surface area contributed by atoms with Gasteiger partial charge in [-0.3, -0.25) is 0 Å². The molecule has 0 aliphatic heterocycles. The van der Waals surface area contributed by atoms with Crippen molar-refractivity contribution >= 4 is 43.5 Å². The molecule has 0 amide bonds. The van der Waals surface area contributed by atoms with E-state index in [1.165, 1.54) is 0 Å². The minimum Gasteiger partial charge on any atom is -0.456 e. The van der Waals surface area contributed by atoms with E-state index in [1.807, 2.05) is 91.0 Å². The Morgan fingerprint density at radius 3 is 1.54 bits per heavy atom. The lowest BCUT2D eigenvalue weighted by molar-refractivity contribution is 0.669. The highest BCUT2D eigenvalue weighted by molar-refractivity contribution is 6.22. The van der Waals surface area contributed by atoms with Gasteiger partial charge in [0.2, 0.25) is 0 Å². The van der Waals surface area contributed by atoms with Crippen LogP contribution in [-0.4, -0.2) is 0 Å². The molecule has 0 aliphatic rings. The van der Waals surface area contributed by atoms with Crippen LogP contribution in [-0.2, 0) is 0 Å². The van der Waals surface area contributed by atoms with Gasteiger partial charge in [-0.15, -0.1) is 0 Å². The van der Waals surface area contributed by atoms with Gasteiger partial charge in [0, 0.05) is 10.8 Å². The molecule has 0 N–H and O–H groups in total. The smallest absolute Gasteiger partial charge is 0.136 e. The lowest BCUT2D eigenvalue weighted by Crippen LogP contribution is -1.91. The van der Waals surface area contributed by atoms with Crippen LogP contribution in [0.25, 0.3) is 76.9 Å². The molecule has 1 nitrogen and oxygen atoms in total. The fourth-order valence-corrected chi connectivity index (χ4v) is 5.54. The van der Waals surface area contributed by atoms with Gasteiger partial charge >= 0.3 is 0 Å². The van der Waals surface area contributed by atoms with Crippen LogP contribution < -0.4 is 0 Å². The first-order valence-corrected chi connectivity index (χ1v) is 12.7. The molecule has 0 spiro atoms. The number of benzene rings is 7. The molecule has 0 saturated heterocycles. The van der Waals surface area contributed by atoms with Crippen LogP contribution in [0.1, 0.15) is 11.0 Å². The van der Waals surface area contributed by atoms with Crippen molar-refractivity contribution in [2.75, 3.05) is 0 Å². The summed E-state index contributed by atoms with van der Waals surface area (Å²) in [6.45, 7) is 0. The molecule has 8 rings (SSSR count). The maximum Gasteiger partial charge on any atom is 0.136 e. The van der Waals surface area contributed by atoms with E-state index in [-0.39, 0.29) is 45.7 Å². The van der Waals surface area contributed by atoms with Gasteiger partial charge in [-0.25, -0.2) is 0 Å². The fraction of sp³-hybridized carbons (Fsp3) is 0. The normalized spacial score (nSPS) is 14.5. The van der Waals surface area contributed by atoms with Crippen LogP contribution in [0.2, 0.25) is 0 Å². The van der Waals surface area contributed by atoms with Crippen LogP contribution in [0, 0.1) is 0 Å². The second kappa shape index (κ2) is 8.72. The highest BCUT2D eigenvalue weighted by Gasteiger charge is 2.17. The number of hydrogen-bond acceptors (Lipinski definition) is 1. The van der Waals surface area contributed by atoms with E-state index in [0.717, 1.165) is 21.9 Å². The van der Waals surface area contributed by atoms with Crippen molar-refractivity contribution in [1.29, 1.82) is 0 Å². The number of fused-ring (bicyclic) bond motifs is 5. The van der Waals surface area contributed by atoms with E-state index in [0.29, 0.717) is 33.4 Å². The quantitative estimate of drug-likeness (QED) is 0.218. The first kappa shape index (κ1) is 15.3. The second-order valence-electron chi connectivity index (χ2n) is 9.50. The van der Waals surface area contributed by atoms with E-state index >= 15 is 0 Å². The highest BCUT2D eigenvalue weighted by atomic mass is 16.3. The maximum absolute atomic E-state index is 9.16. The summed E-state index contributed by atoms with van der Waals surface area (Å²) in [7, 11) is 0. The molecule has 8 aromatic rings. The molecule has 7 aromatic carbocycles. The first-order valence-electron chi connectivity index (χ1n) is 16.7. The van der Waals surface area contributed by atoms with Crippen LogP contribution >= 0.6 is 0 Å². The number of furan rings is 1. The molecule has 1 heterocycles. The predicted molar refractivity (Wildman–Crippen MR) is 165 cm³/mol. The van der Waals surface area contributed by atoms with Crippen LogP contribution in [0.3, 0.4) is 0 Å². The van der Waals surface area contributed by atoms with Gasteiger partial charge in [0.1, 0.15) is 11.2 Å². The van der Waals surface area contributed by atoms with Gasteiger partial charge in [-0.05, 0) is 73.1 Å². The third-order valence-electron chi connectivity index (χ3n) is 7.32. The molecular formula is C38H24O. The van der Waals surface area contributed by atoms with Crippen LogP contribution in [0.4, 0.5) is 0 Å². The summed E-state index contributed by atoms with van der Waals surface area (Å²) in [5.41, 5.74) is 4.85. The Bertz CT molecular complexity index is 2510. The molecule has 1 aromatic heterocycles. The van der Waals surface area contributed by atoms with E-state index in [1.54, 1.807) is 6.07 Å². The molecular weight excluding hydrogens is 472 g/mol. The van der Waals surface area contributed by atoms with Gasteiger partial charge < -0.3 is 4.42 Å². The molecule has 0 aliphatic carbocycles. The van der Waals surface area contributed by atoms with E-state index < -0.39 is 24.2 Å². The third kappa shape index (κ3) is 3.48. The Morgan fingerprint density at radius 2 is 0.872 bits per heavy atom. The minimum atomic E-state index is -0.431. The van der Waals surface area contributed by atoms with Crippen LogP contribution in [0.5, 0.6) is 0 Å². The average Bonchev–Trinajstić information content (AvgIpc) is 3.48. The second-order valence-corrected chi connectivity index (χ2v) is 9.50. The van der Waals surface area contributed by atoms with Gasteiger partial charge in [0.05, 0.1) is 11.0 Å². The summed E-state index contributed by atoms with van der Waals surface area (Å²) in [5, 5.41) is 2.48.